The molecule has 0 spiro atoms. The van der Waals surface area contributed by atoms with Crippen LogP contribution in [0.25, 0.3) is 10.9 Å². The number of fused-ring (bicyclic) bond motifs is 1. The van der Waals surface area contributed by atoms with E-state index in [9.17, 15) is 5.11 Å². The number of rotatable bonds is 5. The highest BCUT2D eigenvalue weighted by Crippen LogP contribution is 2.24. The maximum Gasteiger partial charge on any atom is 0.0950 e. The number of anilines is 1. The highest BCUT2D eigenvalue weighted by atomic mass is 16.3. The molecule has 1 unspecified atom stereocenters. The molecule has 1 fully saturated rings. The third-order valence-corrected chi connectivity index (χ3v) is 3.84. The van der Waals surface area contributed by atoms with Gasteiger partial charge in [0, 0.05) is 24.5 Å². The first-order valence-electron chi connectivity index (χ1n) is 7.18. The van der Waals surface area contributed by atoms with Gasteiger partial charge in [-0.05, 0) is 25.5 Å². The van der Waals surface area contributed by atoms with Gasteiger partial charge in [-0.15, -0.1) is 0 Å². The summed E-state index contributed by atoms with van der Waals surface area (Å²) in [7, 11) is 0. The van der Waals surface area contributed by atoms with Crippen LogP contribution in [0.1, 0.15) is 12.8 Å². The van der Waals surface area contributed by atoms with E-state index < -0.39 is 0 Å². The second kappa shape index (κ2) is 6.15. The molecule has 1 aromatic carbocycles. The Morgan fingerprint density at radius 1 is 1.35 bits per heavy atom. The molecule has 1 aliphatic heterocycles. The summed E-state index contributed by atoms with van der Waals surface area (Å²) in [6.07, 6.45) is 4.22. The summed E-state index contributed by atoms with van der Waals surface area (Å²) in [5, 5.41) is 22.2. The molecule has 0 amide bonds. The van der Waals surface area contributed by atoms with Crippen molar-refractivity contribution in [1.82, 2.24) is 15.5 Å². The van der Waals surface area contributed by atoms with Crippen LogP contribution in [0.3, 0.4) is 0 Å². The first-order valence-corrected chi connectivity index (χ1v) is 7.18. The standard InChI is InChI=1S/C15H20N4O/c20-9-8-19(11-12-4-3-7-16-12)15-10-17-18-14-6-2-1-5-13(14)15/h1-2,5-6,10,12,16,20H,3-4,7-9,11H2. The molecule has 0 saturated carbocycles. The Labute approximate surface area is 118 Å². The van der Waals surface area contributed by atoms with E-state index in [-0.39, 0.29) is 6.61 Å². The van der Waals surface area contributed by atoms with E-state index >= 15 is 0 Å². The molecule has 0 aliphatic carbocycles. The van der Waals surface area contributed by atoms with Gasteiger partial charge in [0.15, 0.2) is 0 Å². The minimum atomic E-state index is 0.142. The minimum Gasteiger partial charge on any atom is -0.395 e. The Morgan fingerprint density at radius 2 is 2.25 bits per heavy atom. The summed E-state index contributed by atoms with van der Waals surface area (Å²) >= 11 is 0. The molecule has 106 valence electrons. The van der Waals surface area contributed by atoms with E-state index in [1.54, 1.807) is 6.20 Å². The van der Waals surface area contributed by atoms with E-state index in [0.717, 1.165) is 29.7 Å². The van der Waals surface area contributed by atoms with Crippen LogP contribution in [0.15, 0.2) is 30.5 Å². The van der Waals surface area contributed by atoms with Gasteiger partial charge >= 0.3 is 0 Å². The predicted molar refractivity (Wildman–Crippen MR) is 79.9 cm³/mol. The number of aliphatic hydroxyl groups excluding tert-OH is 1. The number of nitrogens with one attached hydrogen (secondary N) is 1. The van der Waals surface area contributed by atoms with E-state index in [4.69, 9.17) is 0 Å². The summed E-state index contributed by atoms with van der Waals surface area (Å²) in [4.78, 5) is 2.21. The molecular weight excluding hydrogens is 252 g/mol. The molecule has 2 N–H and O–H groups in total. The lowest BCUT2D eigenvalue weighted by Crippen LogP contribution is -2.39. The molecule has 1 aromatic heterocycles. The van der Waals surface area contributed by atoms with Crippen molar-refractivity contribution >= 4 is 16.6 Å². The van der Waals surface area contributed by atoms with Crippen LogP contribution in [0.4, 0.5) is 5.69 Å². The Kier molecular flexibility index (Phi) is 4.08. The summed E-state index contributed by atoms with van der Waals surface area (Å²) < 4.78 is 0. The van der Waals surface area contributed by atoms with E-state index in [1.165, 1.54) is 12.8 Å². The Hall–Kier alpha value is -1.72. The van der Waals surface area contributed by atoms with Gasteiger partial charge in [-0.2, -0.15) is 10.2 Å². The molecule has 5 nitrogen and oxygen atoms in total. The summed E-state index contributed by atoms with van der Waals surface area (Å²) in [5.41, 5.74) is 1.95. The summed E-state index contributed by atoms with van der Waals surface area (Å²) in [6, 6.07) is 8.50. The van der Waals surface area contributed by atoms with Crippen molar-refractivity contribution in [3.63, 3.8) is 0 Å². The number of aromatic nitrogens is 2. The van der Waals surface area contributed by atoms with Gasteiger partial charge in [0.25, 0.3) is 0 Å². The molecule has 5 heteroatoms. The van der Waals surface area contributed by atoms with Crippen LogP contribution >= 0.6 is 0 Å². The predicted octanol–water partition coefficient (Wildman–Crippen LogP) is 1.18. The molecular formula is C15H20N4O. The third kappa shape index (κ3) is 2.73. The number of hydrogen-bond acceptors (Lipinski definition) is 5. The fourth-order valence-corrected chi connectivity index (χ4v) is 2.85. The maximum atomic E-state index is 9.35. The number of benzene rings is 1. The molecule has 3 rings (SSSR count). The van der Waals surface area contributed by atoms with Crippen LogP contribution in [-0.2, 0) is 0 Å². The van der Waals surface area contributed by atoms with Gasteiger partial charge in [-0.1, -0.05) is 18.2 Å². The lowest BCUT2D eigenvalue weighted by atomic mass is 10.1. The van der Waals surface area contributed by atoms with Gasteiger partial charge in [0.2, 0.25) is 0 Å². The second-order valence-electron chi connectivity index (χ2n) is 5.21. The van der Waals surface area contributed by atoms with Crippen LogP contribution < -0.4 is 10.2 Å². The van der Waals surface area contributed by atoms with Gasteiger partial charge in [-0.25, -0.2) is 0 Å². The molecule has 1 saturated heterocycles. The molecule has 2 aromatic rings. The van der Waals surface area contributed by atoms with Gasteiger partial charge in [0.1, 0.15) is 0 Å². The van der Waals surface area contributed by atoms with Crippen LogP contribution in [0, 0.1) is 0 Å². The zero-order valence-corrected chi connectivity index (χ0v) is 11.5. The molecule has 20 heavy (non-hydrogen) atoms. The number of aliphatic hydroxyl groups is 1. The highest BCUT2D eigenvalue weighted by molar-refractivity contribution is 5.90. The Balaban J connectivity index is 1.91. The van der Waals surface area contributed by atoms with Gasteiger partial charge in [-0.3, -0.25) is 0 Å². The van der Waals surface area contributed by atoms with Crippen LogP contribution in [0.2, 0.25) is 0 Å². The first kappa shape index (κ1) is 13.3. The summed E-state index contributed by atoms with van der Waals surface area (Å²) in [6.45, 7) is 2.75. The molecule has 1 aliphatic rings. The van der Waals surface area contributed by atoms with Crippen molar-refractivity contribution in [3.8, 4) is 0 Å². The average Bonchev–Trinajstić information content (AvgIpc) is 2.99. The molecule has 0 bridgehead atoms. The zero-order valence-electron chi connectivity index (χ0n) is 11.5. The quantitative estimate of drug-likeness (QED) is 0.856. The fourth-order valence-electron chi connectivity index (χ4n) is 2.85. The lowest BCUT2D eigenvalue weighted by Gasteiger charge is -2.27. The first-order chi connectivity index (χ1) is 9.88. The monoisotopic (exact) mass is 272 g/mol. The second-order valence-corrected chi connectivity index (χ2v) is 5.21. The smallest absolute Gasteiger partial charge is 0.0950 e. The van der Waals surface area contributed by atoms with Crippen molar-refractivity contribution in [2.45, 2.75) is 18.9 Å². The van der Waals surface area contributed by atoms with E-state index in [2.05, 4.69) is 26.5 Å². The fraction of sp³-hybridized carbons (Fsp3) is 0.467. The average molecular weight is 272 g/mol. The van der Waals surface area contributed by atoms with E-state index in [0.29, 0.717) is 12.6 Å². The Bertz CT molecular complexity index is 563. The lowest BCUT2D eigenvalue weighted by molar-refractivity contribution is 0.300. The minimum absolute atomic E-state index is 0.142. The van der Waals surface area contributed by atoms with Crippen molar-refractivity contribution in [2.75, 3.05) is 31.1 Å². The summed E-state index contributed by atoms with van der Waals surface area (Å²) in [5.74, 6) is 0. The van der Waals surface area contributed by atoms with Crippen molar-refractivity contribution in [1.29, 1.82) is 0 Å². The molecule has 0 radical (unpaired) electrons. The van der Waals surface area contributed by atoms with Gasteiger partial charge < -0.3 is 15.3 Å². The highest BCUT2D eigenvalue weighted by Gasteiger charge is 2.19. The number of hydrogen-bond donors (Lipinski definition) is 2. The largest absolute Gasteiger partial charge is 0.395 e. The molecule has 2 heterocycles. The SMILES string of the molecule is OCCN(CC1CCCN1)c1cnnc2ccccc12. The third-order valence-electron chi connectivity index (χ3n) is 3.84. The topological polar surface area (TPSA) is 61.3 Å². The molecule has 1 atom stereocenters. The van der Waals surface area contributed by atoms with Crippen molar-refractivity contribution in [3.05, 3.63) is 30.5 Å². The normalized spacial score (nSPS) is 18.6. The van der Waals surface area contributed by atoms with E-state index in [1.807, 2.05) is 18.2 Å². The maximum absolute atomic E-state index is 9.35. The van der Waals surface area contributed by atoms with Crippen LogP contribution in [-0.4, -0.2) is 47.6 Å². The Morgan fingerprint density at radius 3 is 3.05 bits per heavy atom. The van der Waals surface area contributed by atoms with Crippen molar-refractivity contribution in [2.24, 2.45) is 0 Å². The number of nitrogens with zero attached hydrogens (tertiary/aromatic N) is 3. The van der Waals surface area contributed by atoms with Gasteiger partial charge in [0.05, 0.1) is 24.0 Å². The van der Waals surface area contributed by atoms with Crippen LogP contribution in [0.5, 0.6) is 0 Å². The zero-order chi connectivity index (χ0) is 13.8. The van der Waals surface area contributed by atoms with Crippen molar-refractivity contribution < 1.29 is 5.11 Å².